The number of carboxylic acid groups (broad SMARTS) is 1. The van der Waals surface area contributed by atoms with Gasteiger partial charge in [0.05, 0.1) is 5.56 Å². The number of aromatic amines is 1. The van der Waals surface area contributed by atoms with E-state index in [9.17, 15) is 9.59 Å². The molecular weight excluding hydrogens is 246 g/mol. The molecule has 0 spiro atoms. The Labute approximate surface area is 111 Å². The van der Waals surface area contributed by atoms with Gasteiger partial charge in [0.2, 0.25) is 0 Å². The van der Waals surface area contributed by atoms with Gasteiger partial charge < -0.3 is 20.7 Å². The zero-order valence-electron chi connectivity index (χ0n) is 11.2. The zero-order valence-corrected chi connectivity index (χ0v) is 11.2. The van der Waals surface area contributed by atoms with E-state index in [1.807, 2.05) is 0 Å². The van der Waals surface area contributed by atoms with Crippen molar-refractivity contribution < 1.29 is 14.7 Å². The Morgan fingerprint density at radius 2 is 1.89 bits per heavy atom. The lowest BCUT2D eigenvalue weighted by atomic mass is 10.0. The Bertz CT molecular complexity index is 501. The van der Waals surface area contributed by atoms with Crippen molar-refractivity contribution >= 4 is 11.9 Å². The van der Waals surface area contributed by atoms with Gasteiger partial charge >= 0.3 is 5.97 Å². The summed E-state index contributed by atoms with van der Waals surface area (Å²) in [5.41, 5.74) is 1.64. The van der Waals surface area contributed by atoms with Crippen molar-refractivity contribution in [3.8, 4) is 0 Å². The second-order valence-electron chi connectivity index (χ2n) is 4.93. The van der Waals surface area contributed by atoms with Gasteiger partial charge in [0.15, 0.2) is 0 Å². The molecule has 104 valence electrons. The molecule has 2 heterocycles. The maximum absolute atomic E-state index is 12.2. The highest BCUT2D eigenvalue weighted by Crippen LogP contribution is 2.18. The molecule has 1 amide bonds. The lowest BCUT2D eigenvalue weighted by Crippen LogP contribution is -2.42. The Morgan fingerprint density at radius 3 is 2.42 bits per heavy atom. The van der Waals surface area contributed by atoms with E-state index >= 15 is 0 Å². The van der Waals surface area contributed by atoms with Crippen molar-refractivity contribution in [1.29, 1.82) is 0 Å². The first-order chi connectivity index (χ1) is 9.00. The molecule has 1 fully saturated rings. The highest BCUT2D eigenvalue weighted by Gasteiger charge is 2.23. The van der Waals surface area contributed by atoms with E-state index in [-0.39, 0.29) is 17.6 Å². The number of carbonyl (C=O) groups excluding carboxylic acids is 1. The number of rotatable bonds is 3. The first-order valence-electron chi connectivity index (χ1n) is 6.44. The number of hydrogen-bond donors (Lipinski definition) is 4. The topological polar surface area (TPSA) is 94.2 Å². The van der Waals surface area contributed by atoms with Crippen LogP contribution in [0.3, 0.4) is 0 Å². The van der Waals surface area contributed by atoms with E-state index in [1.165, 1.54) is 0 Å². The summed E-state index contributed by atoms with van der Waals surface area (Å²) >= 11 is 0. The zero-order chi connectivity index (χ0) is 14.0. The number of aryl methyl sites for hydroxylation is 1. The lowest BCUT2D eigenvalue weighted by Gasteiger charge is -2.23. The van der Waals surface area contributed by atoms with Gasteiger partial charge in [-0.05, 0) is 45.3 Å². The first-order valence-corrected chi connectivity index (χ1v) is 6.44. The molecule has 0 aliphatic carbocycles. The molecule has 0 saturated carbocycles. The molecule has 1 aromatic rings. The molecule has 0 bridgehead atoms. The summed E-state index contributed by atoms with van der Waals surface area (Å²) < 4.78 is 0. The SMILES string of the molecule is Cc1[nH]c(C(=O)O)c(C)c1C(=O)NC1CCNCC1. The average molecular weight is 265 g/mol. The van der Waals surface area contributed by atoms with Crippen LogP contribution in [0.15, 0.2) is 0 Å². The molecule has 1 saturated heterocycles. The van der Waals surface area contributed by atoms with Crippen LogP contribution in [0.25, 0.3) is 0 Å². The minimum absolute atomic E-state index is 0.0907. The molecule has 0 aromatic carbocycles. The molecule has 6 nitrogen and oxygen atoms in total. The third kappa shape index (κ3) is 2.78. The smallest absolute Gasteiger partial charge is 0.352 e. The van der Waals surface area contributed by atoms with E-state index in [4.69, 9.17) is 5.11 Å². The summed E-state index contributed by atoms with van der Waals surface area (Å²) in [6, 6.07) is 0.163. The van der Waals surface area contributed by atoms with Crippen LogP contribution in [0.5, 0.6) is 0 Å². The van der Waals surface area contributed by atoms with Crippen LogP contribution in [0.2, 0.25) is 0 Å². The van der Waals surface area contributed by atoms with Crippen molar-refractivity contribution in [2.75, 3.05) is 13.1 Å². The maximum Gasteiger partial charge on any atom is 0.352 e. The minimum Gasteiger partial charge on any atom is -0.477 e. The third-order valence-electron chi connectivity index (χ3n) is 3.55. The fourth-order valence-electron chi connectivity index (χ4n) is 2.53. The number of aromatic nitrogens is 1. The van der Waals surface area contributed by atoms with Crippen LogP contribution in [0.4, 0.5) is 0 Å². The number of carboxylic acids is 1. The largest absolute Gasteiger partial charge is 0.477 e. The molecule has 1 aliphatic heterocycles. The highest BCUT2D eigenvalue weighted by molar-refractivity contribution is 6.00. The summed E-state index contributed by atoms with van der Waals surface area (Å²) in [5.74, 6) is -1.23. The van der Waals surface area contributed by atoms with E-state index in [0.29, 0.717) is 16.8 Å². The van der Waals surface area contributed by atoms with Crippen LogP contribution in [-0.2, 0) is 0 Å². The van der Waals surface area contributed by atoms with E-state index in [0.717, 1.165) is 25.9 Å². The van der Waals surface area contributed by atoms with Crippen LogP contribution in [0.1, 0.15) is 44.9 Å². The Kier molecular flexibility index (Phi) is 3.90. The van der Waals surface area contributed by atoms with Gasteiger partial charge in [0, 0.05) is 11.7 Å². The highest BCUT2D eigenvalue weighted by atomic mass is 16.4. The Balaban J connectivity index is 2.16. The number of piperidine rings is 1. The lowest BCUT2D eigenvalue weighted by molar-refractivity contribution is 0.0690. The molecule has 2 rings (SSSR count). The summed E-state index contributed by atoms with van der Waals surface area (Å²) in [6.45, 7) is 5.17. The molecule has 0 atom stereocenters. The Morgan fingerprint density at radius 1 is 1.26 bits per heavy atom. The standard InChI is InChI=1S/C13H19N3O3/c1-7-10(8(2)15-11(7)13(18)19)12(17)16-9-3-5-14-6-4-9/h9,14-15H,3-6H2,1-2H3,(H,16,17)(H,18,19). The second-order valence-corrected chi connectivity index (χ2v) is 4.93. The minimum atomic E-state index is -1.04. The van der Waals surface area contributed by atoms with Gasteiger partial charge in [-0.3, -0.25) is 4.79 Å². The fraction of sp³-hybridized carbons (Fsp3) is 0.538. The summed E-state index contributed by atoms with van der Waals surface area (Å²) in [6.07, 6.45) is 1.81. The number of hydrogen-bond acceptors (Lipinski definition) is 3. The molecular formula is C13H19N3O3. The van der Waals surface area contributed by atoms with Gasteiger partial charge in [-0.1, -0.05) is 0 Å². The van der Waals surface area contributed by atoms with Crippen molar-refractivity contribution in [2.24, 2.45) is 0 Å². The molecule has 0 radical (unpaired) electrons. The third-order valence-corrected chi connectivity index (χ3v) is 3.55. The summed E-state index contributed by atoms with van der Waals surface area (Å²) in [5, 5.41) is 15.2. The van der Waals surface area contributed by atoms with Crippen LogP contribution >= 0.6 is 0 Å². The van der Waals surface area contributed by atoms with Crippen LogP contribution in [-0.4, -0.2) is 41.1 Å². The number of amides is 1. The molecule has 0 unspecified atom stereocenters. The normalized spacial score (nSPS) is 16.3. The second kappa shape index (κ2) is 5.44. The van der Waals surface area contributed by atoms with E-state index < -0.39 is 5.97 Å². The fourth-order valence-corrected chi connectivity index (χ4v) is 2.53. The maximum atomic E-state index is 12.2. The van der Waals surface area contributed by atoms with Gasteiger partial charge in [0.1, 0.15) is 5.69 Å². The van der Waals surface area contributed by atoms with E-state index in [1.54, 1.807) is 13.8 Å². The monoisotopic (exact) mass is 265 g/mol. The van der Waals surface area contributed by atoms with Crippen molar-refractivity contribution in [1.82, 2.24) is 15.6 Å². The molecule has 6 heteroatoms. The Hall–Kier alpha value is -1.82. The predicted molar refractivity (Wildman–Crippen MR) is 70.6 cm³/mol. The average Bonchev–Trinajstić information content (AvgIpc) is 2.66. The van der Waals surface area contributed by atoms with Crippen molar-refractivity contribution in [2.45, 2.75) is 32.7 Å². The van der Waals surface area contributed by atoms with Crippen LogP contribution < -0.4 is 10.6 Å². The van der Waals surface area contributed by atoms with Gasteiger partial charge in [-0.15, -0.1) is 0 Å². The number of H-pyrrole nitrogens is 1. The molecule has 1 aliphatic rings. The van der Waals surface area contributed by atoms with E-state index in [2.05, 4.69) is 15.6 Å². The summed E-state index contributed by atoms with van der Waals surface area (Å²) in [4.78, 5) is 26.0. The summed E-state index contributed by atoms with van der Waals surface area (Å²) in [7, 11) is 0. The number of aromatic carboxylic acids is 1. The van der Waals surface area contributed by atoms with Crippen molar-refractivity contribution in [3.05, 3.63) is 22.5 Å². The first kappa shape index (κ1) is 13.6. The molecule has 4 N–H and O–H groups in total. The van der Waals surface area contributed by atoms with Gasteiger partial charge in [-0.2, -0.15) is 0 Å². The number of nitrogens with one attached hydrogen (secondary N) is 3. The number of carbonyl (C=O) groups is 2. The molecule has 19 heavy (non-hydrogen) atoms. The van der Waals surface area contributed by atoms with Crippen LogP contribution in [0, 0.1) is 13.8 Å². The molecule has 1 aromatic heterocycles. The van der Waals surface area contributed by atoms with Crippen molar-refractivity contribution in [3.63, 3.8) is 0 Å². The predicted octanol–water partition coefficient (Wildman–Crippen LogP) is 0.812. The van der Waals surface area contributed by atoms with Gasteiger partial charge in [-0.25, -0.2) is 4.79 Å². The quantitative estimate of drug-likeness (QED) is 0.650. The van der Waals surface area contributed by atoms with Gasteiger partial charge in [0.25, 0.3) is 5.91 Å².